The summed E-state index contributed by atoms with van der Waals surface area (Å²) in [7, 11) is 4.32. The first-order chi connectivity index (χ1) is 14.4. The lowest BCUT2D eigenvalue weighted by molar-refractivity contribution is 0.0603. The van der Waals surface area contributed by atoms with Gasteiger partial charge in [-0.25, -0.2) is 4.79 Å². The number of carbonyl (C=O) groups is 2. The molecular weight excluding hydrogens is 426 g/mol. The van der Waals surface area contributed by atoms with E-state index in [0.29, 0.717) is 32.6 Å². The Hall–Kier alpha value is -3.03. The summed E-state index contributed by atoms with van der Waals surface area (Å²) in [5.41, 5.74) is 2.09. The Balaban J connectivity index is 2.03. The maximum absolute atomic E-state index is 12.9. The maximum Gasteiger partial charge on any atom is 0.341 e. The SMILES string of the molecule is COC(=O)c1c(NC(=O)c2ccc(OC)c(OC)c2)sc(C)c1-c1cccc(Cl)c1. The van der Waals surface area contributed by atoms with E-state index in [1.54, 1.807) is 36.4 Å². The minimum atomic E-state index is -0.545. The number of nitrogens with one attached hydrogen (secondary N) is 1. The van der Waals surface area contributed by atoms with E-state index < -0.39 is 5.97 Å². The third kappa shape index (κ3) is 4.27. The van der Waals surface area contributed by atoms with Crippen LogP contribution in [-0.2, 0) is 4.74 Å². The standard InChI is InChI=1S/C22H20ClNO5S/c1-12-18(13-6-5-7-15(23)10-13)19(22(26)29-4)21(30-12)24-20(25)14-8-9-16(27-2)17(11-14)28-3/h5-11H,1-4H3,(H,24,25). The number of methoxy groups -OCH3 is 3. The molecule has 2 aromatic carbocycles. The summed E-state index contributed by atoms with van der Waals surface area (Å²) in [5, 5.41) is 3.77. The average Bonchev–Trinajstić information content (AvgIpc) is 3.07. The first kappa shape index (κ1) is 21.7. The van der Waals surface area contributed by atoms with Gasteiger partial charge in [0.05, 0.1) is 21.3 Å². The zero-order valence-electron chi connectivity index (χ0n) is 16.9. The second-order valence-electron chi connectivity index (χ2n) is 6.26. The monoisotopic (exact) mass is 445 g/mol. The van der Waals surface area contributed by atoms with Crippen LogP contribution in [0.1, 0.15) is 25.6 Å². The summed E-state index contributed by atoms with van der Waals surface area (Å²) in [6.07, 6.45) is 0. The number of aryl methyl sites for hydroxylation is 1. The van der Waals surface area contributed by atoms with Crippen molar-refractivity contribution in [3.8, 4) is 22.6 Å². The number of ether oxygens (including phenoxy) is 3. The largest absolute Gasteiger partial charge is 0.493 e. The molecule has 0 aliphatic carbocycles. The van der Waals surface area contributed by atoms with Gasteiger partial charge in [0.2, 0.25) is 0 Å². The molecule has 8 heteroatoms. The van der Waals surface area contributed by atoms with E-state index in [1.807, 2.05) is 13.0 Å². The lowest BCUT2D eigenvalue weighted by atomic mass is 10.0. The molecule has 1 heterocycles. The van der Waals surface area contributed by atoms with Crippen molar-refractivity contribution in [1.29, 1.82) is 0 Å². The number of benzene rings is 2. The fourth-order valence-corrected chi connectivity index (χ4v) is 4.32. The van der Waals surface area contributed by atoms with E-state index in [4.69, 9.17) is 25.8 Å². The number of carbonyl (C=O) groups excluding carboxylic acids is 2. The van der Waals surface area contributed by atoms with Gasteiger partial charge in [-0.1, -0.05) is 23.7 Å². The van der Waals surface area contributed by atoms with E-state index in [2.05, 4.69) is 5.32 Å². The van der Waals surface area contributed by atoms with Crippen LogP contribution in [0.15, 0.2) is 42.5 Å². The van der Waals surface area contributed by atoms with Gasteiger partial charge < -0.3 is 19.5 Å². The highest BCUT2D eigenvalue weighted by atomic mass is 35.5. The Morgan fingerprint density at radius 1 is 1.00 bits per heavy atom. The van der Waals surface area contributed by atoms with Gasteiger partial charge in [0.1, 0.15) is 10.6 Å². The van der Waals surface area contributed by atoms with Crippen molar-refractivity contribution >= 4 is 39.8 Å². The van der Waals surface area contributed by atoms with Gasteiger partial charge in [0.15, 0.2) is 11.5 Å². The van der Waals surface area contributed by atoms with Gasteiger partial charge in [-0.15, -0.1) is 11.3 Å². The average molecular weight is 446 g/mol. The number of anilines is 1. The zero-order valence-corrected chi connectivity index (χ0v) is 18.4. The molecule has 30 heavy (non-hydrogen) atoms. The lowest BCUT2D eigenvalue weighted by Crippen LogP contribution is -2.14. The van der Waals surface area contributed by atoms with Crippen molar-refractivity contribution in [2.75, 3.05) is 26.6 Å². The van der Waals surface area contributed by atoms with Crippen molar-refractivity contribution in [3.05, 3.63) is 63.5 Å². The summed E-state index contributed by atoms with van der Waals surface area (Å²) in [4.78, 5) is 26.3. The number of rotatable bonds is 6. The molecule has 0 saturated heterocycles. The van der Waals surface area contributed by atoms with Crippen molar-refractivity contribution in [2.45, 2.75) is 6.92 Å². The van der Waals surface area contributed by atoms with Gasteiger partial charge >= 0.3 is 5.97 Å². The second-order valence-corrected chi connectivity index (χ2v) is 7.92. The summed E-state index contributed by atoms with van der Waals surface area (Å²) in [6, 6.07) is 12.0. The van der Waals surface area contributed by atoms with Gasteiger partial charge in [-0.3, -0.25) is 4.79 Å². The molecule has 3 aromatic rings. The number of amides is 1. The van der Waals surface area contributed by atoms with E-state index in [1.165, 1.54) is 32.7 Å². The van der Waals surface area contributed by atoms with E-state index in [0.717, 1.165) is 10.4 Å². The minimum Gasteiger partial charge on any atom is -0.493 e. The van der Waals surface area contributed by atoms with E-state index in [9.17, 15) is 9.59 Å². The molecule has 6 nitrogen and oxygen atoms in total. The van der Waals surface area contributed by atoms with Gasteiger partial charge in [-0.2, -0.15) is 0 Å². The van der Waals surface area contributed by atoms with Crippen LogP contribution in [0.5, 0.6) is 11.5 Å². The van der Waals surface area contributed by atoms with Crippen LogP contribution >= 0.6 is 22.9 Å². The number of hydrogen-bond acceptors (Lipinski definition) is 6. The highest BCUT2D eigenvalue weighted by molar-refractivity contribution is 7.17. The lowest BCUT2D eigenvalue weighted by Gasteiger charge is -2.11. The molecule has 156 valence electrons. The minimum absolute atomic E-state index is 0.288. The van der Waals surface area contributed by atoms with Crippen LogP contribution < -0.4 is 14.8 Å². The van der Waals surface area contributed by atoms with Crippen LogP contribution in [0.2, 0.25) is 5.02 Å². The predicted molar refractivity (Wildman–Crippen MR) is 118 cm³/mol. The van der Waals surface area contributed by atoms with Crippen molar-refractivity contribution in [2.24, 2.45) is 0 Å². The first-order valence-electron chi connectivity index (χ1n) is 8.90. The topological polar surface area (TPSA) is 73.9 Å². The Morgan fingerprint density at radius 3 is 2.37 bits per heavy atom. The Kier molecular flexibility index (Phi) is 6.64. The molecule has 0 aliphatic rings. The normalized spacial score (nSPS) is 10.4. The summed E-state index contributed by atoms with van der Waals surface area (Å²) >= 11 is 7.43. The van der Waals surface area contributed by atoms with Crippen LogP contribution in [0.3, 0.4) is 0 Å². The van der Waals surface area contributed by atoms with Gasteiger partial charge in [-0.05, 0) is 42.8 Å². The Bertz CT molecular complexity index is 1110. The summed E-state index contributed by atoms with van der Waals surface area (Å²) < 4.78 is 15.4. The molecule has 1 N–H and O–H groups in total. The Labute approximate surface area is 183 Å². The number of halogens is 1. The third-order valence-corrected chi connectivity index (χ3v) is 5.72. The van der Waals surface area contributed by atoms with Crippen LogP contribution in [-0.4, -0.2) is 33.2 Å². The van der Waals surface area contributed by atoms with Crippen LogP contribution in [0.25, 0.3) is 11.1 Å². The maximum atomic E-state index is 12.9. The number of esters is 1. The number of hydrogen-bond donors (Lipinski definition) is 1. The third-order valence-electron chi connectivity index (χ3n) is 4.46. The molecular formula is C22H20ClNO5S. The molecule has 0 bridgehead atoms. The number of thiophene rings is 1. The molecule has 0 spiro atoms. The molecule has 0 aliphatic heterocycles. The molecule has 1 aromatic heterocycles. The zero-order chi connectivity index (χ0) is 21.8. The molecule has 0 atom stereocenters. The molecule has 0 saturated carbocycles. The Morgan fingerprint density at radius 2 is 1.73 bits per heavy atom. The fourth-order valence-electron chi connectivity index (χ4n) is 3.07. The second kappa shape index (κ2) is 9.19. The van der Waals surface area contributed by atoms with Crippen molar-refractivity contribution < 1.29 is 23.8 Å². The smallest absolute Gasteiger partial charge is 0.341 e. The van der Waals surface area contributed by atoms with Crippen LogP contribution in [0.4, 0.5) is 5.00 Å². The van der Waals surface area contributed by atoms with Gasteiger partial charge in [0.25, 0.3) is 5.91 Å². The van der Waals surface area contributed by atoms with E-state index >= 15 is 0 Å². The molecule has 3 rings (SSSR count). The quantitative estimate of drug-likeness (QED) is 0.512. The summed E-state index contributed by atoms with van der Waals surface area (Å²) in [5.74, 6) is 0.0109. The van der Waals surface area contributed by atoms with Crippen LogP contribution in [0, 0.1) is 6.92 Å². The molecule has 1 amide bonds. The van der Waals surface area contributed by atoms with E-state index in [-0.39, 0.29) is 11.5 Å². The predicted octanol–water partition coefficient (Wildman–Crippen LogP) is 5.43. The summed E-state index contributed by atoms with van der Waals surface area (Å²) in [6.45, 7) is 1.87. The van der Waals surface area contributed by atoms with Crippen molar-refractivity contribution in [1.82, 2.24) is 0 Å². The highest BCUT2D eigenvalue weighted by Gasteiger charge is 2.25. The van der Waals surface area contributed by atoms with Gasteiger partial charge in [0, 0.05) is 21.0 Å². The highest BCUT2D eigenvalue weighted by Crippen LogP contribution is 2.41. The fraction of sp³-hybridized carbons (Fsp3) is 0.182. The van der Waals surface area contributed by atoms with Crippen molar-refractivity contribution in [3.63, 3.8) is 0 Å². The molecule has 0 unspecified atom stereocenters. The molecule has 0 radical (unpaired) electrons. The first-order valence-corrected chi connectivity index (χ1v) is 10.1. The molecule has 0 fully saturated rings.